The van der Waals surface area contributed by atoms with E-state index >= 15 is 0 Å². The fraction of sp³-hybridized carbons (Fsp3) is 0.357. The third-order valence-corrected chi connectivity index (χ3v) is 9.06. The topological polar surface area (TPSA) is 133 Å². The highest BCUT2D eigenvalue weighted by atomic mass is 32.2. The number of sulfonamides is 1. The predicted octanol–water partition coefficient (Wildman–Crippen LogP) is 6.24. The van der Waals surface area contributed by atoms with Crippen molar-refractivity contribution in [3.63, 3.8) is 0 Å². The lowest BCUT2D eigenvalue weighted by molar-refractivity contribution is -0.106. The number of pyridine rings is 1. The standard InChI is InChI=1S/C28H34F3N7O4SSi/c1-20(22-7-5-6-10-33-22)42-25-15-21(8-9-23(25)37-43(39,40)18-28(29,30)31)24-16-27(35-26-17-32-11-12-34-26)38(36-24)19-41-13-14-44(2,3)4/h5-12,15-17,20,37H,13-14,18-19H2,1-4H3,(H,34,35)/t20-/m0/s1. The molecule has 3 heterocycles. The molecule has 16 heteroatoms. The van der Waals surface area contributed by atoms with Crippen LogP contribution in [0, 0.1) is 0 Å². The molecule has 1 atom stereocenters. The van der Waals surface area contributed by atoms with Gasteiger partial charge in [0.05, 0.1) is 23.3 Å². The van der Waals surface area contributed by atoms with Crippen molar-refractivity contribution in [2.45, 2.75) is 51.6 Å². The van der Waals surface area contributed by atoms with Gasteiger partial charge in [0, 0.05) is 44.9 Å². The van der Waals surface area contributed by atoms with Crippen molar-refractivity contribution >= 4 is 35.4 Å². The van der Waals surface area contributed by atoms with Crippen LogP contribution in [0.25, 0.3) is 11.3 Å². The van der Waals surface area contributed by atoms with Crippen LogP contribution < -0.4 is 14.8 Å². The van der Waals surface area contributed by atoms with Gasteiger partial charge in [-0.2, -0.15) is 18.3 Å². The second-order valence-corrected chi connectivity index (χ2v) is 18.5. The third kappa shape index (κ3) is 10.0. The summed E-state index contributed by atoms with van der Waals surface area (Å²) in [6.07, 6.45) is 0.622. The van der Waals surface area contributed by atoms with Gasteiger partial charge in [-0.25, -0.2) is 18.1 Å². The lowest BCUT2D eigenvalue weighted by Gasteiger charge is -2.19. The van der Waals surface area contributed by atoms with Crippen molar-refractivity contribution in [2.24, 2.45) is 0 Å². The zero-order valence-electron chi connectivity index (χ0n) is 24.7. The van der Waals surface area contributed by atoms with Crippen LogP contribution in [0.2, 0.25) is 25.7 Å². The minimum atomic E-state index is -4.93. The molecule has 0 bridgehead atoms. The SMILES string of the molecule is C[C@H](Oc1cc(-c2cc(Nc3cnccn3)n(COCC[Si](C)(C)C)n2)ccc1NS(=O)(=O)CC(F)(F)F)c1ccccn1. The second-order valence-electron chi connectivity index (χ2n) is 11.2. The zero-order chi connectivity index (χ0) is 32.0. The van der Waals surface area contributed by atoms with Crippen molar-refractivity contribution in [1.82, 2.24) is 24.7 Å². The van der Waals surface area contributed by atoms with Crippen LogP contribution in [0.15, 0.2) is 67.3 Å². The summed E-state index contributed by atoms with van der Waals surface area (Å²) in [5.74, 6) is -1.02. The average Bonchev–Trinajstić information content (AvgIpc) is 3.33. The van der Waals surface area contributed by atoms with Crippen LogP contribution in [0.4, 0.5) is 30.5 Å². The highest BCUT2D eigenvalue weighted by molar-refractivity contribution is 7.92. The van der Waals surface area contributed by atoms with Crippen LogP contribution in [-0.2, 0) is 21.5 Å². The number of ether oxygens (including phenoxy) is 2. The number of alkyl halides is 3. The lowest BCUT2D eigenvalue weighted by Crippen LogP contribution is -2.28. The molecule has 0 amide bonds. The summed E-state index contributed by atoms with van der Waals surface area (Å²) in [4.78, 5) is 12.6. The van der Waals surface area contributed by atoms with Gasteiger partial charge in [-0.15, -0.1) is 0 Å². The monoisotopic (exact) mass is 649 g/mol. The molecule has 44 heavy (non-hydrogen) atoms. The van der Waals surface area contributed by atoms with Gasteiger partial charge in [0.15, 0.2) is 5.75 Å². The number of aromatic nitrogens is 5. The summed E-state index contributed by atoms with van der Waals surface area (Å²) in [5.41, 5.74) is 1.35. The van der Waals surface area contributed by atoms with E-state index in [9.17, 15) is 21.6 Å². The van der Waals surface area contributed by atoms with Crippen LogP contribution in [0.5, 0.6) is 5.75 Å². The highest BCUT2D eigenvalue weighted by Gasteiger charge is 2.35. The van der Waals surface area contributed by atoms with Crippen LogP contribution in [0.3, 0.4) is 0 Å². The Kier molecular flexibility index (Phi) is 10.3. The first-order valence-electron chi connectivity index (χ1n) is 13.7. The van der Waals surface area contributed by atoms with E-state index in [1.165, 1.54) is 18.2 Å². The summed E-state index contributed by atoms with van der Waals surface area (Å²) in [7, 11) is -6.10. The molecule has 0 fully saturated rings. The Hall–Kier alpha value is -4.02. The predicted molar refractivity (Wildman–Crippen MR) is 164 cm³/mol. The van der Waals surface area contributed by atoms with E-state index < -0.39 is 36.1 Å². The first kappa shape index (κ1) is 32.9. The second kappa shape index (κ2) is 13.7. The van der Waals surface area contributed by atoms with E-state index in [0.29, 0.717) is 35.2 Å². The Morgan fingerprint density at radius 2 is 1.84 bits per heavy atom. The first-order valence-corrected chi connectivity index (χ1v) is 19.0. The minimum absolute atomic E-state index is 0.00391. The minimum Gasteiger partial charge on any atom is -0.482 e. The van der Waals surface area contributed by atoms with Crippen molar-refractivity contribution in [1.29, 1.82) is 0 Å². The molecule has 2 N–H and O–H groups in total. The molecule has 0 radical (unpaired) electrons. The maximum Gasteiger partial charge on any atom is 0.404 e. The highest BCUT2D eigenvalue weighted by Crippen LogP contribution is 2.35. The van der Waals surface area contributed by atoms with E-state index in [-0.39, 0.29) is 18.2 Å². The fourth-order valence-electron chi connectivity index (χ4n) is 3.93. The molecule has 236 valence electrons. The summed E-state index contributed by atoms with van der Waals surface area (Å²) in [6, 6.07) is 12.3. The molecule has 0 aliphatic carbocycles. The van der Waals surface area contributed by atoms with Gasteiger partial charge in [-0.05, 0) is 37.2 Å². The Labute approximate surface area is 254 Å². The maximum atomic E-state index is 12.9. The summed E-state index contributed by atoms with van der Waals surface area (Å²) >= 11 is 0. The van der Waals surface area contributed by atoms with Crippen molar-refractivity contribution in [3.8, 4) is 17.0 Å². The van der Waals surface area contributed by atoms with E-state index in [4.69, 9.17) is 9.47 Å². The van der Waals surface area contributed by atoms with Crippen LogP contribution in [-0.4, -0.2) is 59.8 Å². The number of anilines is 3. The van der Waals surface area contributed by atoms with Crippen LogP contribution in [0.1, 0.15) is 18.7 Å². The molecule has 0 spiro atoms. The van der Waals surface area contributed by atoms with Gasteiger partial charge in [-0.3, -0.25) is 14.7 Å². The van der Waals surface area contributed by atoms with Gasteiger partial charge < -0.3 is 14.8 Å². The smallest absolute Gasteiger partial charge is 0.404 e. The largest absolute Gasteiger partial charge is 0.482 e. The number of nitrogens with one attached hydrogen (secondary N) is 2. The van der Waals surface area contributed by atoms with Crippen molar-refractivity contribution in [3.05, 3.63) is 72.9 Å². The summed E-state index contributed by atoms with van der Waals surface area (Å²) < 4.78 is 79.1. The molecule has 0 aliphatic rings. The van der Waals surface area contributed by atoms with Gasteiger partial charge >= 0.3 is 6.18 Å². The normalized spacial score (nSPS) is 13.0. The number of nitrogens with zero attached hydrogens (tertiary/aromatic N) is 5. The van der Waals surface area contributed by atoms with Crippen LogP contribution >= 0.6 is 0 Å². The Bertz CT molecular complexity index is 1630. The number of benzene rings is 1. The van der Waals surface area contributed by atoms with Crippen molar-refractivity contribution in [2.75, 3.05) is 22.4 Å². The van der Waals surface area contributed by atoms with E-state index in [1.54, 1.807) is 60.7 Å². The quantitative estimate of drug-likeness (QED) is 0.120. The maximum absolute atomic E-state index is 12.9. The molecule has 0 aliphatic heterocycles. The van der Waals surface area contributed by atoms with Gasteiger partial charge in [-0.1, -0.05) is 31.8 Å². The number of rotatable bonds is 14. The van der Waals surface area contributed by atoms with Gasteiger partial charge in [0.1, 0.15) is 30.2 Å². The Morgan fingerprint density at radius 1 is 1.05 bits per heavy atom. The van der Waals surface area contributed by atoms with Gasteiger partial charge in [0.25, 0.3) is 0 Å². The Morgan fingerprint density at radius 3 is 2.50 bits per heavy atom. The first-order chi connectivity index (χ1) is 20.7. The lowest BCUT2D eigenvalue weighted by atomic mass is 10.1. The zero-order valence-corrected chi connectivity index (χ0v) is 26.5. The third-order valence-electron chi connectivity index (χ3n) is 6.11. The molecular weight excluding hydrogens is 616 g/mol. The molecule has 0 saturated carbocycles. The number of hydrogen-bond acceptors (Lipinski definition) is 9. The molecule has 0 saturated heterocycles. The van der Waals surface area contributed by atoms with E-state index in [0.717, 1.165) is 6.04 Å². The molecule has 3 aromatic heterocycles. The molecule has 4 aromatic rings. The molecular formula is C28H34F3N7O4SSi. The Balaban J connectivity index is 1.68. The molecule has 11 nitrogen and oxygen atoms in total. The average molecular weight is 650 g/mol. The van der Waals surface area contributed by atoms with Crippen molar-refractivity contribution < 1.29 is 31.1 Å². The number of halogens is 3. The van der Waals surface area contributed by atoms with E-state index in [2.05, 4.69) is 45.0 Å². The molecule has 1 aromatic carbocycles. The summed E-state index contributed by atoms with van der Waals surface area (Å²) in [6.45, 7) is 9.16. The number of hydrogen-bond donors (Lipinski definition) is 2. The molecule has 0 unspecified atom stereocenters. The molecule has 4 rings (SSSR count). The fourth-order valence-corrected chi connectivity index (χ4v) is 5.69. The summed E-state index contributed by atoms with van der Waals surface area (Å²) in [5, 5.41) is 7.85. The van der Waals surface area contributed by atoms with E-state index in [1.807, 2.05) is 4.72 Å². The van der Waals surface area contributed by atoms with Gasteiger partial charge in [0.2, 0.25) is 10.0 Å².